The Balaban J connectivity index is 1.31. The van der Waals surface area contributed by atoms with Gasteiger partial charge in [0.05, 0.1) is 11.3 Å². The number of nitrogens with one attached hydrogen (secondary N) is 1. The van der Waals surface area contributed by atoms with Crippen LogP contribution in [0.15, 0.2) is 40.9 Å². The number of hydrogen-bond acceptors (Lipinski definition) is 4. The van der Waals surface area contributed by atoms with E-state index in [0.29, 0.717) is 22.6 Å². The third-order valence-corrected chi connectivity index (χ3v) is 7.61. The predicted molar refractivity (Wildman–Crippen MR) is 126 cm³/mol. The van der Waals surface area contributed by atoms with Crippen molar-refractivity contribution < 1.29 is 13.6 Å². The van der Waals surface area contributed by atoms with Crippen LogP contribution in [0.3, 0.4) is 0 Å². The molecule has 32 heavy (non-hydrogen) atoms. The predicted octanol–water partition coefficient (Wildman–Crippen LogP) is 5.71. The number of halogens is 3. The fraction of sp³-hybridized carbons (Fsp3) is 0.500. The lowest BCUT2D eigenvalue weighted by Crippen LogP contribution is -2.39. The van der Waals surface area contributed by atoms with Crippen molar-refractivity contribution in [2.24, 2.45) is 5.41 Å². The fourth-order valence-corrected chi connectivity index (χ4v) is 5.12. The summed E-state index contributed by atoms with van der Waals surface area (Å²) < 4.78 is 27.9. The standard InChI is InChI=1S/C24H27BrF2N4O/c25-17-4-5-18(19(16-17)30-12-8-23(6-7-23)9-13-30)22(32)29-20-2-1-3-21(28-20)31-14-10-24(26,27)11-15-31/h1-5,16H,6-15H2,(H,28,29,32). The van der Waals surface area contributed by atoms with Crippen molar-refractivity contribution in [2.75, 3.05) is 41.3 Å². The number of benzene rings is 1. The molecule has 8 heteroatoms. The molecule has 2 saturated heterocycles. The number of carbonyl (C=O) groups is 1. The highest BCUT2D eigenvalue weighted by molar-refractivity contribution is 9.10. The van der Waals surface area contributed by atoms with Crippen molar-refractivity contribution in [3.8, 4) is 0 Å². The molecule has 2 aliphatic heterocycles. The lowest BCUT2D eigenvalue weighted by Gasteiger charge is -2.35. The molecule has 5 nitrogen and oxygen atoms in total. The first-order valence-electron chi connectivity index (χ1n) is 11.3. The number of anilines is 3. The highest BCUT2D eigenvalue weighted by Crippen LogP contribution is 2.54. The van der Waals surface area contributed by atoms with Crippen molar-refractivity contribution in [3.05, 3.63) is 46.4 Å². The molecule has 0 unspecified atom stereocenters. The van der Waals surface area contributed by atoms with Crippen LogP contribution in [-0.2, 0) is 0 Å². The Morgan fingerprint density at radius 1 is 0.938 bits per heavy atom. The first kappa shape index (κ1) is 21.6. The highest BCUT2D eigenvalue weighted by atomic mass is 79.9. The van der Waals surface area contributed by atoms with Gasteiger partial charge < -0.3 is 15.1 Å². The van der Waals surface area contributed by atoms with E-state index in [1.807, 2.05) is 23.1 Å². The van der Waals surface area contributed by atoms with E-state index in [4.69, 9.17) is 0 Å². The number of aromatic nitrogens is 1. The van der Waals surface area contributed by atoms with Crippen LogP contribution in [0.5, 0.6) is 0 Å². The number of hydrogen-bond donors (Lipinski definition) is 1. The normalized spacial score (nSPS) is 21.5. The fourth-order valence-electron chi connectivity index (χ4n) is 4.77. The summed E-state index contributed by atoms with van der Waals surface area (Å²) in [6.07, 6.45) is 4.68. The summed E-state index contributed by atoms with van der Waals surface area (Å²) in [4.78, 5) is 21.9. The number of nitrogens with zero attached hydrogens (tertiary/aromatic N) is 3. The van der Waals surface area contributed by atoms with Crippen LogP contribution in [-0.4, -0.2) is 43.0 Å². The van der Waals surface area contributed by atoms with Gasteiger partial charge in [0.1, 0.15) is 11.6 Å². The molecule has 0 bridgehead atoms. The largest absolute Gasteiger partial charge is 0.371 e. The molecule has 1 aromatic heterocycles. The summed E-state index contributed by atoms with van der Waals surface area (Å²) in [7, 11) is 0. The molecule has 1 spiro atoms. The SMILES string of the molecule is O=C(Nc1cccc(N2CCC(F)(F)CC2)n1)c1ccc(Br)cc1N1CCC2(CC1)CC2. The third kappa shape index (κ3) is 4.60. The molecule has 170 valence electrons. The zero-order chi connectivity index (χ0) is 22.3. The van der Waals surface area contributed by atoms with Gasteiger partial charge in [-0.15, -0.1) is 0 Å². The number of rotatable bonds is 4. The molecule has 1 amide bonds. The van der Waals surface area contributed by atoms with Gasteiger partial charge in [-0.25, -0.2) is 13.8 Å². The Morgan fingerprint density at radius 3 is 2.31 bits per heavy atom. The molecular weight excluding hydrogens is 478 g/mol. The summed E-state index contributed by atoms with van der Waals surface area (Å²) >= 11 is 3.55. The zero-order valence-electron chi connectivity index (χ0n) is 17.9. The number of amides is 1. The average Bonchev–Trinajstić information content (AvgIpc) is 3.53. The van der Waals surface area contributed by atoms with Crippen molar-refractivity contribution in [1.29, 1.82) is 0 Å². The van der Waals surface area contributed by atoms with Gasteiger partial charge in [0.15, 0.2) is 0 Å². The first-order chi connectivity index (χ1) is 15.3. The maximum absolute atomic E-state index is 13.5. The molecule has 3 aliphatic rings. The lowest BCUT2D eigenvalue weighted by molar-refractivity contribution is -0.0221. The van der Waals surface area contributed by atoms with Crippen molar-refractivity contribution in [1.82, 2.24) is 4.98 Å². The summed E-state index contributed by atoms with van der Waals surface area (Å²) in [6, 6.07) is 11.1. The number of carbonyl (C=O) groups excluding carboxylic acids is 1. The Morgan fingerprint density at radius 2 is 1.62 bits per heavy atom. The van der Waals surface area contributed by atoms with E-state index in [-0.39, 0.29) is 31.8 Å². The molecule has 0 atom stereocenters. The molecule has 0 radical (unpaired) electrons. The second kappa shape index (κ2) is 8.28. The third-order valence-electron chi connectivity index (χ3n) is 7.12. The minimum absolute atomic E-state index is 0.176. The Labute approximate surface area is 195 Å². The van der Waals surface area contributed by atoms with E-state index in [0.717, 1.165) is 23.2 Å². The second-order valence-corrected chi connectivity index (χ2v) is 10.2. The van der Waals surface area contributed by atoms with Gasteiger partial charge in [-0.1, -0.05) is 22.0 Å². The van der Waals surface area contributed by atoms with Crippen LogP contribution >= 0.6 is 15.9 Å². The van der Waals surface area contributed by atoms with Crippen LogP contribution < -0.4 is 15.1 Å². The van der Waals surface area contributed by atoms with E-state index < -0.39 is 5.92 Å². The van der Waals surface area contributed by atoms with Gasteiger partial charge in [-0.05, 0) is 61.4 Å². The van der Waals surface area contributed by atoms with E-state index in [1.54, 1.807) is 18.2 Å². The Kier molecular flexibility index (Phi) is 5.60. The molecule has 2 aromatic rings. The van der Waals surface area contributed by atoms with Gasteiger partial charge in [0, 0.05) is 43.5 Å². The van der Waals surface area contributed by atoms with Gasteiger partial charge in [-0.2, -0.15) is 0 Å². The molecule has 1 aromatic carbocycles. The Hall–Kier alpha value is -2.22. The molecule has 3 fully saturated rings. The van der Waals surface area contributed by atoms with Crippen LogP contribution in [0.4, 0.5) is 26.1 Å². The van der Waals surface area contributed by atoms with Gasteiger partial charge in [0.25, 0.3) is 11.8 Å². The number of piperidine rings is 2. The second-order valence-electron chi connectivity index (χ2n) is 9.33. The molecule has 1 N–H and O–H groups in total. The van der Waals surface area contributed by atoms with E-state index >= 15 is 0 Å². The van der Waals surface area contributed by atoms with Crippen molar-refractivity contribution in [2.45, 2.75) is 44.4 Å². The zero-order valence-corrected chi connectivity index (χ0v) is 19.5. The monoisotopic (exact) mass is 504 g/mol. The summed E-state index contributed by atoms with van der Waals surface area (Å²) in [5, 5.41) is 2.91. The van der Waals surface area contributed by atoms with Crippen LogP contribution in [0.2, 0.25) is 0 Å². The van der Waals surface area contributed by atoms with Gasteiger partial charge >= 0.3 is 0 Å². The van der Waals surface area contributed by atoms with E-state index in [1.165, 1.54) is 25.7 Å². The molecule has 1 aliphatic carbocycles. The smallest absolute Gasteiger partial charge is 0.258 e. The summed E-state index contributed by atoms with van der Waals surface area (Å²) in [6.45, 7) is 2.43. The van der Waals surface area contributed by atoms with Crippen LogP contribution in [0, 0.1) is 5.41 Å². The van der Waals surface area contributed by atoms with E-state index in [2.05, 4.69) is 31.1 Å². The topological polar surface area (TPSA) is 48.5 Å². The summed E-state index contributed by atoms with van der Waals surface area (Å²) in [5.41, 5.74) is 2.11. The van der Waals surface area contributed by atoms with Gasteiger partial charge in [-0.3, -0.25) is 4.79 Å². The van der Waals surface area contributed by atoms with E-state index in [9.17, 15) is 13.6 Å². The molecular formula is C24H27BrF2N4O. The highest BCUT2D eigenvalue weighted by Gasteiger charge is 2.44. The minimum Gasteiger partial charge on any atom is -0.371 e. The summed E-state index contributed by atoms with van der Waals surface area (Å²) in [5.74, 6) is -1.78. The molecule has 1 saturated carbocycles. The number of alkyl halides is 2. The Bertz CT molecular complexity index is 1010. The van der Waals surface area contributed by atoms with Gasteiger partial charge in [0.2, 0.25) is 0 Å². The van der Waals surface area contributed by atoms with Crippen LogP contribution in [0.1, 0.15) is 48.9 Å². The lowest BCUT2D eigenvalue weighted by atomic mass is 9.93. The number of pyridine rings is 1. The molecule has 5 rings (SSSR count). The first-order valence-corrected chi connectivity index (χ1v) is 12.1. The van der Waals surface area contributed by atoms with Crippen molar-refractivity contribution >= 4 is 39.2 Å². The average molecular weight is 505 g/mol. The minimum atomic E-state index is -2.60. The maximum atomic E-state index is 13.5. The van der Waals surface area contributed by atoms with Crippen LogP contribution in [0.25, 0.3) is 0 Å². The molecule has 3 heterocycles. The van der Waals surface area contributed by atoms with Crippen molar-refractivity contribution in [3.63, 3.8) is 0 Å². The maximum Gasteiger partial charge on any atom is 0.258 e. The quantitative estimate of drug-likeness (QED) is 0.578.